The van der Waals surface area contributed by atoms with Gasteiger partial charge in [0.05, 0.1) is 11.4 Å². The third-order valence-electron chi connectivity index (χ3n) is 3.37. The molecule has 0 aliphatic carbocycles. The van der Waals surface area contributed by atoms with Gasteiger partial charge < -0.3 is 15.0 Å². The summed E-state index contributed by atoms with van der Waals surface area (Å²) < 4.78 is 5.45. The van der Waals surface area contributed by atoms with Crippen molar-refractivity contribution in [2.75, 3.05) is 16.8 Å². The molecule has 1 unspecified atom stereocenters. The zero-order valence-corrected chi connectivity index (χ0v) is 13.5. The first-order valence-electron chi connectivity index (χ1n) is 7.55. The average Bonchev–Trinajstić information content (AvgIpc) is 2.85. The van der Waals surface area contributed by atoms with Crippen LogP contribution in [-0.4, -0.2) is 28.1 Å². The number of fused-ring (bicyclic) bond motifs is 1. The lowest BCUT2D eigenvalue weighted by Crippen LogP contribution is -2.37. The van der Waals surface area contributed by atoms with Gasteiger partial charge in [0.15, 0.2) is 5.82 Å². The van der Waals surface area contributed by atoms with Gasteiger partial charge in [-0.2, -0.15) is 0 Å². The second-order valence-electron chi connectivity index (χ2n) is 6.39. The van der Waals surface area contributed by atoms with Crippen LogP contribution in [0.1, 0.15) is 32.6 Å². The number of nitrogens with one attached hydrogen (secondary N) is 1. The topological polar surface area (TPSA) is 67.3 Å². The van der Waals surface area contributed by atoms with E-state index in [2.05, 4.69) is 15.3 Å². The van der Waals surface area contributed by atoms with Crippen LogP contribution >= 0.6 is 0 Å². The zero-order valence-electron chi connectivity index (χ0n) is 13.5. The molecule has 0 saturated carbocycles. The number of ether oxygens (including phenoxy) is 1. The second kappa shape index (κ2) is 5.87. The minimum Gasteiger partial charge on any atom is -0.459 e. The maximum Gasteiger partial charge on any atom is 0.326 e. The van der Waals surface area contributed by atoms with E-state index >= 15 is 0 Å². The number of pyridine rings is 2. The Labute approximate surface area is 135 Å². The van der Waals surface area contributed by atoms with E-state index in [1.165, 1.54) is 0 Å². The van der Waals surface area contributed by atoms with Gasteiger partial charge in [0, 0.05) is 12.4 Å². The predicted octanol–water partition coefficient (Wildman–Crippen LogP) is 2.75. The number of hydrogen-bond donors (Lipinski definition) is 1. The molecule has 2 aromatic rings. The number of rotatable bonds is 3. The molecule has 23 heavy (non-hydrogen) atoms. The normalized spacial score (nSPS) is 16.7. The van der Waals surface area contributed by atoms with Gasteiger partial charge >= 0.3 is 5.97 Å². The third kappa shape index (κ3) is 3.41. The van der Waals surface area contributed by atoms with Crippen molar-refractivity contribution in [1.29, 1.82) is 0 Å². The molecule has 0 aromatic carbocycles. The largest absolute Gasteiger partial charge is 0.459 e. The van der Waals surface area contributed by atoms with Gasteiger partial charge in [-0.3, -0.25) is 9.78 Å². The fourth-order valence-corrected chi connectivity index (χ4v) is 2.55. The molecule has 0 spiro atoms. The zero-order chi connectivity index (χ0) is 16.4. The molecule has 0 amide bonds. The van der Waals surface area contributed by atoms with Gasteiger partial charge in [0.25, 0.3) is 0 Å². The summed E-state index contributed by atoms with van der Waals surface area (Å²) in [6.45, 7) is 5.71. The number of aromatic nitrogens is 2. The standard InChI is InChI=1S/C17H20N4O2/c1-17(2,3)23-14(22)11-21-13-8-6-10-19-15(13)20-16(21)12-7-4-5-9-18-12/h4-10,16H,11H2,1-3H3,(H,19,20). The molecule has 3 heterocycles. The van der Waals surface area contributed by atoms with Crippen LogP contribution in [0.5, 0.6) is 0 Å². The van der Waals surface area contributed by atoms with E-state index in [4.69, 9.17) is 4.74 Å². The Morgan fingerprint density at radius 1 is 1.22 bits per heavy atom. The molecule has 2 aromatic heterocycles. The third-order valence-corrected chi connectivity index (χ3v) is 3.37. The maximum absolute atomic E-state index is 12.3. The van der Waals surface area contributed by atoms with Crippen molar-refractivity contribution in [1.82, 2.24) is 9.97 Å². The fraction of sp³-hybridized carbons (Fsp3) is 0.353. The van der Waals surface area contributed by atoms with E-state index in [9.17, 15) is 4.79 Å². The smallest absolute Gasteiger partial charge is 0.326 e. The molecule has 6 heteroatoms. The summed E-state index contributed by atoms with van der Waals surface area (Å²) in [6, 6.07) is 9.49. The summed E-state index contributed by atoms with van der Waals surface area (Å²) >= 11 is 0. The van der Waals surface area contributed by atoms with E-state index in [1.54, 1.807) is 12.4 Å². The van der Waals surface area contributed by atoms with E-state index in [0.717, 1.165) is 17.2 Å². The highest BCUT2D eigenvalue weighted by atomic mass is 16.6. The maximum atomic E-state index is 12.3. The van der Waals surface area contributed by atoms with Crippen LogP contribution in [-0.2, 0) is 9.53 Å². The van der Waals surface area contributed by atoms with Crippen molar-refractivity contribution >= 4 is 17.5 Å². The van der Waals surface area contributed by atoms with Gasteiger partial charge in [-0.15, -0.1) is 0 Å². The SMILES string of the molecule is CC(C)(C)OC(=O)CN1c2cccnc2NC1c1ccccn1. The molecule has 3 rings (SSSR count). The Hall–Kier alpha value is -2.63. The predicted molar refractivity (Wildman–Crippen MR) is 88.0 cm³/mol. The minimum absolute atomic E-state index is 0.129. The van der Waals surface area contributed by atoms with Crippen molar-refractivity contribution in [2.45, 2.75) is 32.5 Å². The van der Waals surface area contributed by atoms with E-state index in [1.807, 2.05) is 56.0 Å². The Bertz CT molecular complexity index is 697. The van der Waals surface area contributed by atoms with Crippen molar-refractivity contribution in [3.8, 4) is 0 Å². The van der Waals surface area contributed by atoms with Gasteiger partial charge in [-0.25, -0.2) is 4.98 Å². The Morgan fingerprint density at radius 2 is 2.00 bits per heavy atom. The molecule has 0 saturated heterocycles. The van der Waals surface area contributed by atoms with Crippen LogP contribution in [0.4, 0.5) is 11.5 Å². The lowest BCUT2D eigenvalue weighted by molar-refractivity contribution is -0.153. The van der Waals surface area contributed by atoms with Crippen LogP contribution in [0, 0.1) is 0 Å². The summed E-state index contributed by atoms with van der Waals surface area (Å²) in [7, 11) is 0. The summed E-state index contributed by atoms with van der Waals surface area (Å²) in [5.74, 6) is 0.462. The van der Waals surface area contributed by atoms with Gasteiger partial charge in [0.1, 0.15) is 18.3 Å². The molecule has 1 atom stereocenters. The lowest BCUT2D eigenvalue weighted by Gasteiger charge is -2.27. The second-order valence-corrected chi connectivity index (χ2v) is 6.39. The summed E-state index contributed by atoms with van der Waals surface area (Å²) in [5.41, 5.74) is 1.19. The van der Waals surface area contributed by atoms with Crippen LogP contribution in [0.2, 0.25) is 0 Å². The van der Waals surface area contributed by atoms with Crippen molar-refractivity contribution in [3.05, 3.63) is 48.4 Å². The van der Waals surface area contributed by atoms with Gasteiger partial charge in [0.2, 0.25) is 0 Å². The van der Waals surface area contributed by atoms with E-state index in [-0.39, 0.29) is 18.7 Å². The first-order valence-corrected chi connectivity index (χ1v) is 7.55. The van der Waals surface area contributed by atoms with Gasteiger partial charge in [-0.05, 0) is 45.0 Å². The number of nitrogens with zero attached hydrogens (tertiary/aromatic N) is 3. The van der Waals surface area contributed by atoms with E-state index in [0.29, 0.717) is 0 Å². The van der Waals surface area contributed by atoms with Crippen LogP contribution in [0.25, 0.3) is 0 Å². The summed E-state index contributed by atoms with van der Waals surface area (Å²) in [6.07, 6.45) is 3.21. The Morgan fingerprint density at radius 3 is 2.70 bits per heavy atom. The molecule has 1 N–H and O–H groups in total. The first-order chi connectivity index (χ1) is 10.9. The fourth-order valence-electron chi connectivity index (χ4n) is 2.55. The quantitative estimate of drug-likeness (QED) is 0.879. The van der Waals surface area contributed by atoms with Crippen molar-refractivity contribution in [3.63, 3.8) is 0 Å². The molecule has 0 fully saturated rings. The number of esters is 1. The summed E-state index contributed by atoms with van der Waals surface area (Å²) in [5, 5.41) is 3.31. The summed E-state index contributed by atoms with van der Waals surface area (Å²) in [4.78, 5) is 22.9. The highest BCUT2D eigenvalue weighted by Gasteiger charge is 2.33. The first kappa shape index (κ1) is 15.3. The Balaban J connectivity index is 1.88. The molecular weight excluding hydrogens is 292 g/mol. The number of anilines is 2. The minimum atomic E-state index is -0.511. The van der Waals surface area contributed by atoms with Gasteiger partial charge in [-0.1, -0.05) is 6.07 Å². The van der Waals surface area contributed by atoms with Crippen molar-refractivity contribution < 1.29 is 9.53 Å². The molecule has 1 aliphatic heterocycles. The molecule has 6 nitrogen and oxygen atoms in total. The monoisotopic (exact) mass is 312 g/mol. The molecule has 120 valence electrons. The van der Waals surface area contributed by atoms with Crippen LogP contribution in [0.15, 0.2) is 42.7 Å². The number of carbonyl (C=O) groups is 1. The molecule has 0 radical (unpaired) electrons. The average molecular weight is 312 g/mol. The highest BCUT2D eigenvalue weighted by molar-refractivity contribution is 5.82. The van der Waals surface area contributed by atoms with Crippen molar-refractivity contribution in [2.24, 2.45) is 0 Å². The lowest BCUT2D eigenvalue weighted by atomic mass is 10.2. The van der Waals surface area contributed by atoms with Crippen LogP contribution < -0.4 is 10.2 Å². The van der Waals surface area contributed by atoms with Crippen LogP contribution in [0.3, 0.4) is 0 Å². The number of carbonyl (C=O) groups excluding carboxylic acids is 1. The molecular formula is C17H20N4O2. The molecule has 0 bridgehead atoms. The molecule has 1 aliphatic rings. The Kier molecular flexibility index (Phi) is 3.90. The van der Waals surface area contributed by atoms with E-state index < -0.39 is 5.60 Å². The number of hydrogen-bond acceptors (Lipinski definition) is 6. The highest BCUT2D eigenvalue weighted by Crippen LogP contribution is 2.38.